The van der Waals surface area contributed by atoms with Crippen LogP contribution in [0, 0.1) is 10.1 Å². The lowest BCUT2D eigenvalue weighted by Gasteiger charge is -2.04. The van der Waals surface area contributed by atoms with Gasteiger partial charge in [0, 0.05) is 10.5 Å². The van der Waals surface area contributed by atoms with Gasteiger partial charge in [0.05, 0.1) is 15.5 Å². The molecule has 0 spiro atoms. The highest BCUT2D eigenvalue weighted by atomic mass is 79.9. The van der Waals surface area contributed by atoms with Crippen LogP contribution in [-0.2, 0) is 0 Å². The second-order valence-electron chi connectivity index (χ2n) is 3.33. The predicted octanol–water partition coefficient (Wildman–Crippen LogP) is 3.67. The number of hydrogen-bond donors (Lipinski definition) is 1. The Bertz CT molecular complexity index is 612. The number of benzene rings is 1. The summed E-state index contributed by atoms with van der Waals surface area (Å²) in [4.78, 5) is 22.2. The number of nitrogens with zero attached hydrogens (tertiary/aromatic N) is 1. The Balaban J connectivity index is 2.17. The number of halogens is 1. The Hall–Kier alpha value is -1.73. The number of para-hydroxylation sites is 1. The van der Waals surface area contributed by atoms with E-state index in [-0.39, 0.29) is 10.9 Å². The normalized spacial score (nSPS) is 10.1. The van der Waals surface area contributed by atoms with Crippen molar-refractivity contribution in [3.8, 4) is 0 Å². The van der Waals surface area contributed by atoms with Crippen molar-refractivity contribution in [2.24, 2.45) is 0 Å². The van der Waals surface area contributed by atoms with Gasteiger partial charge in [-0.15, -0.1) is 0 Å². The predicted molar refractivity (Wildman–Crippen MR) is 73.1 cm³/mol. The molecule has 92 valence electrons. The van der Waals surface area contributed by atoms with Crippen molar-refractivity contribution in [2.75, 3.05) is 5.32 Å². The number of carbonyl (C=O) groups excluding carboxylic acids is 1. The van der Waals surface area contributed by atoms with Crippen LogP contribution < -0.4 is 5.32 Å². The van der Waals surface area contributed by atoms with Crippen LogP contribution in [0.2, 0.25) is 0 Å². The van der Waals surface area contributed by atoms with Crippen LogP contribution in [0.4, 0.5) is 10.7 Å². The third-order valence-corrected chi connectivity index (χ3v) is 3.84. The molecule has 2 aromatic rings. The zero-order valence-electron chi connectivity index (χ0n) is 8.92. The average Bonchev–Trinajstić information content (AvgIpc) is 2.81. The zero-order valence-corrected chi connectivity index (χ0v) is 11.3. The fraction of sp³-hybridized carbons (Fsp3) is 0. The molecule has 0 saturated heterocycles. The van der Waals surface area contributed by atoms with Crippen LogP contribution in [0.3, 0.4) is 0 Å². The van der Waals surface area contributed by atoms with E-state index >= 15 is 0 Å². The molecule has 0 fully saturated rings. The molecule has 1 aromatic heterocycles. The third kappa shape index (κ3) is 2.74. The van der Waals surface area contributed by atoms with Gasteiger partial charge in [-0.3, -0.25) is 14.9 Å². The number of thiophene rings is 1. The SMILES string of the molecule is O=C(Nc1ccccc1Br)c1ccc([N+](=O)[O-])s1. The lowest BCUT2D eigenvalue weighted by Crippen LogP contribution is -2.10. The summed E-state index contributed by atoms with van der Waals surface area (Å²) in [6.45, 7) is 0. The Morgan fingerprint density at radius 2 is 2.00 bits per heavy atom. The van der Waals surface area contributed by atoms with E-state index in [0.717, 1.165) is 15.8 Å². The van der Waals surface area contributed by atoms with Crippen molar-refractivity contribution in [3.63, 3.8) is 0 Å². The quantitative estimate of drug-likeness (QED) is 0.690. The van der Waals surface area contributed by atoms with Gasteiger partial charge in [-0.2, -0.15) is 0 Å². The third-order valence-electron chi connectivity index (χ3n) is 2.12. The number of nitrogens with one attached hydrogen (secondary N) is 1. The summed E-state index contributed by atoms with van der Waals surface area (Å²) in [5.74, 6) is -0.361. The van der Waals surface area contributed by atoms with Crippen molar-refractivity contribution in [1.82, 2.24) is 0 Å². The summed E-state index contributed by atoms with van der Waals surface area (Å²) in [7, 11) is 0. The van der Waals surface area contributed by atoms with Crippen molar-refractivity contribution in [1.29, 1.82) is 0 Å². The van der Waals surface area contributed by atoms with E-state index in [0.29, 0.717) is 10.6 Å². The van der Waals surface area contributed by atoms with Crippen molar-refractivity contribution >= 4 is 43.9 Å². The maximum absolute atomic E-state index is 11.9. The summed E-state index contributed by atoms with van der Waals surface area (Å²) < 4.78 is 0.754. The Labute approximate surface area is 115 Å². The fourth-order valence-corrected chi connectivity index (χ4v) is 2.39. The molecule has 0 aliphatic heterocycles. The van der Waals surface area contributed by atoms with E-state index in [1.165, 1.54) is 12.1 Å². The van der Waals surface area contributed by atoms with Gasteiger partial charge in [-0.1, -0.05) is 23.5 Å². The number of nitro groups is 1. The minimum atomic E-state index is -0.514. The Morgan fingerprint density at radius 3 is 2.61 bits per heavy atom. The van der Waals surface area contributed by atoms with Gasteiger partial charge >= 0.3 is 5.00 Å². The molecule has 1 aromatic carbocycles. The van der Waals surface area contributed by atoms with E-state index in [9.17, 15) is 14.9 Å². The molecule has 2 rings (SSSR count). The number of anilines is 1. The first-order valence-electron chi connectivity index (χ1n) is 4.88. The summed E-state index contributed by atoms with van der Waals surface area (Å²) in [5, 5.41) is 13.2. The topological polar surface area (TPSA) is 72.2 Å². The summed E-state index contributed by atoms with van der Waals surface area (Å²) in [5.41, 5.74) is 0.624. The van der Waals surface area contributed by atoms with Crippen LogP contribution >= 0.6 is 27.3 Å². The molecule has 5 nitrogen and oxygen atoms in total. The average molecular weight is 327 g/mol. The van der Waals surface area contributed by atoms with Crippen molar-refractivity contribution in [2.45, 2.75) is 0 Å². The van der Waals surface area contributed by atoms with Crippen LogP contribution in [0.5, 0.6) is 0 Å². The first kappa shape index (κ1) is 12.7. The number of rotatable bonds is 3. The molecule has 0 atom stereocenters. The first-order chi connectivity index (χ1) is 8.58. The van der Waals surface area contributed by atoms with Gasteiger partial charge in [0.25, 0.3) is 5.91 Å². The van der Waals surface area contributed by atoms with E-state index in [1.54, 1.807) is 18.2 Å². The molecule has 18 heavy (non-hydrogen) atoms. The summed E-state index contributed by atoms with van der Waals surface area (Å²) in [6.07, 6.45) is 0. The minimum Gasteiger partial charge on any atom is -0.320 e. The van der Waals surface area contributed by atoms with Gasteiger partial charge in [-0.05, 0) is 34.1 Å². The highest BCUT2D eigenvalue weighted by Gasteiger charge is 2.15. The van der Waals surface area contributed by atoms with Gasteiger partial charge in [0.2, 0.25) is 0 Å². The molecule has 0 bridgehead atoms. The molecular formula is C11H7BrN2O3S. The van der Waals surface area contributed by atoms with E-state index < -0.39 is 4.92 Å². The van der Waals surface area contributed by atoms with Crippen LogP contribution in [0.25, 0.3) is 0 Å². The van der Waals surface area contributed by atoms with Gasteiger partial charge in [-0.25, -0.2) is 0 Å². The minimum absolute atomic E-state index is 0.0488. The molecule has 0 radical (unpaired) electrons. The lowest BCUT2D eigenvalue weighted by molar-refractivity contribution is -0.380. The largest absolute Gasteiger partial charge is 0.324 e. The monoisotopic (exact) mass is 326 g/mol. The maximum atomic E-state index is 11.9. The summed E-state index contributed by atoms with van der Waals surface area (Å²) >= 11 is 4.15. The number of amides is 1. The number of carbonyl (C=O) groups is 1. The first-order valence-corrected chi connectivity index (χ1v) is 6.49. The molecule has 0 aliphatic carbocycles. The molecule has 0 saturated carbocycles. The molecule has 1 N–H and O–H groups in total. The zero-order chi connectivity index (χ0) is 13.1. The Kier molecular flexibility index (Phi) is 3.73. The molecule has 1 amide bonds. The molecule has 1 heterocycles. The van der Waals surface area contributed by atoms with E-state index in [4.69, 9.17) is 0 Å². The van der Waals surface area contributed by atoms with Gasteiger partial charge in [0.15, 0.2) is 0 Å². The highest BCUT2D eigenvalue weighted by molar-refractivity contribution is 9.10. The second-order valence-corrected chi connectivity index (χ2v) is 5.25. The smallest absolute Gasteiger partial charge is 0.320 e. The Morgan fingerprint density at radius 1 is 1.28 bits per heavy atom. The van der Waals surface area contributed by atoms with E-state index in [1.807, 2.05) is 6.07 Å². The van der Waals surface area contributed by atoms with Crippen molar-refractivity contribution < 1.29 is 9.72 Å². The second kappa shape index (κ2) is 5.28. The fourth-order valence-electron chi connectivity index (χ4n) is 1.29. The molecule has 7 heteroatoms. The van der Waals surface area contributed by atoms with Crippen LogP contribution in [0.15, 0.2) is 40.9 Å². The lowest BCUT2D eigenvalue weighted by atomic mass is 10.3. The maximum Gasteiger partial charge on any atom is 0.324 e. The van der Waals surface area contributed by atoms with Crippen LogP contribution in [-0.4, -0.2) is 10.8 Å². The van der Waals surface area contributed by atoms with E-state index in [2.05, 4.69) is 21.2 Å². The molecule has 0 aliphatic rings. The standard InChI is InChI=1S/C11H7BrN2O3S/c12-7-3-1-2-4-8(7)13-11(15)9-5-6-10(18-9)14(16)17/h1-6H,(H,13,15). The summed E-state index contributed by atoms with van der Waals surface area (Å²) in [6, 6.07) is 9.91. The van der Waals surface area contributed by atoms with Crippen molar-refractivity contribution in [3.05, 3.63) is 55.9 Å². The highest BCUT2D eigenvalue weighted by Crippen LogP contribution is 2.26. The number of hydrogen-bond acceptors (Lipinski definition) is 4. The van der Waals surface area contributed by atoms with Crippen LogP contribution in [0.1, 0.15) is 9.67 Å². The van der Waals surface area contributed by atoms with Gasteiger partial charge < -0.3 is 5.32 Å². The molecule has 0 unspecified atom stereocenters. The molecular weight excluding hydrogens is 320 g/mol. The van der Waals surface area contributed by atoms with Gasteiger partial charge in [0.1, 0.15) is 0 Å².